The monoisotopic (exact) mass is 540 g/mol. The molecule has 1 saturated carbocycles. The van der Waals surface area contributed by atoms with Crippen molar-refractivity contribution in [2.24, 2.45) is 11.7 Å². The molecular weight excluding hydrogens is 509 g/mol. The Labute approximate surface area is 218 Å². The van der Waals surface area contributed by atoms with Gasteiger partial charge in [0.1, 0.15) is 6.54 Å². The molecule has 1 aliphatic rings. The van der Waals surface area contributed by atoms with Gasteiger partial charge in [-0.05, 0) is 48.3 Å². The van der Waals surface area contributed by atoms with Crippen LogP contribution in [-0.4, -0.2) is 63.5 Å². The molecule has 0 radical (unpaired) electrons. The van der Waals surface area contributed by atoms with Gasteiger partial charge in [0.2, 0.25) is 5.91 Å². The van der Waals surface area contributed by atoms with Gasteiger partial charge in [-0.2, -0.15) is 25.8 Å². The van der Waals surface area contributed by atoms with Gasteiger partial charge >= 0.3 is 18.1 Å². The van der Waals surface area contributed by atoms with E-state index in [1.54, 1.807) is 0 Å². The zero-order valence-electron chi connectivity index (χ0n) is 20.1. The second-order valence-electron chi connectivity index (χ2n) is 8.91. The van der Waals surface area contributed by atoms with Crippen LogP contribution in [0.15, 0.2) is 54.6 Å². The van der Waals surface area contributed by atoms with Crippen LogP contribution >= 0.6 is 12.6 Å². The number of thiol groups is 1. The molecule has 2 unspecified atom stereocenters. The van der Waals surface area contributed by atoms with Crippen molar-refractivity contribution in [3.8, 4) is 11.1 Å². The number of carboxylic acids is 2. The molecule has 0 aromatic heterocycles. The molecule has 11 heteroatoms. The Hall–Kier alpha value is -3.05. The Kier molecular flexibility index (Phi) is 11.4. The zero-order chi connectivity index (χ0) is 27.6. The minimum Gasteiger partial charge on any atom is -0.480 e. The van der Waals surface area contributed by atoms with Gasteiger partial charge in [0, 0.05) is 11.8 Å². The highest BCUT2D eigenvalue weighted by molar-refractivity contribution is 7.80. The number of hydrogen-bond acceptors (Lipinski definition) is 5. The average molecular weight is 541 g/mol. The largest absolute Gasteiger partial charge is 0.490 e. The van der Waals surface area contributed by atoms with Gasteiger partial charge in [-0.3, -0.25) is 9.59 Å². The molecule has 202 valence electrons. The summed E-state index contributed by atoms with van der Waals surface area (Å²) in [5.41, 5.74) is 9.52. The Morgan fingerprint density at radius 3 is 2.08 bits per heavy atom. The van der Waals surface area contributed by atoms with Gasteiger partial charge in [-0.25, -0.2) is 4.79 Å². The van der Waals surface area contributed by atoms with E-state index < -0.39 is 24.2 Å². The van der Waals surface area contributed by atoms with E-state index >= 15 is 0 Å². The van der Waals surface area contributed by atoms with E-state index in [1.165, 1.54) is 21.6 Å². The predicted molar refractivity (Wildman–Crippen MR) is 136 cm³/mol. The second kappa shape index (κ2) is 14.0. The summed E-state index contributed by atoms with van der Waals surface area (Å²) < 4.78 is 31.7. The number of hydrogen-bond donors (Lipinski definition) is 4. The standard InChI is InChI=1S/C24H30N2O3S.C2HF3O2/c25-22(16-30)24(29)26(15-23(27)28)21-8-4-5-18(14-21)13-17-9-11-20(12-10-17)19-6-2-1-3-7-19;3-2(4,5)1(6)7/h1-3,6-7,9-12,18,21-22,30H,4-5,8,13-16,25H2,(H,27,28);(H,6,7)/t18?,21?,22-;/m0./s1. The van der Waals surface area contributed by atoms with Gasteiger partial charge in [0.15, 0.2) is 0 Å². The summed E-state index contributed by atoms with van der Waals surface area (Å²) in [7, 11) is 0. The second-order valence-corrected chi connectivity index (χ2v) is 9.27. The molecule has 0 spiro atoms. The topological polar surface area (TPSA) is 121 Å². The van der Waals surface area contributed by atoms with Crippen LogP contribution in [0.5, 0.6) is 0 Å². The number of nitrogens with zero attached hydrogens (tertiary/aromatic N) is 1. The summed E-state index contributed by atoms with van der Waals surface area (Å²) in [6.07, 6.45) is -0.457. The highest BCUT2D eigenvalue weighted by atomic mass is 32.1. The van der Waals surface area contributed by atoms with Gasteiger partial charge < -0.3 is 20.8 Å². The maximum atomic E-state index is 12.6. The fourth-order valence-electron chi connectivity index (χ4n) is 4.35. The van der Waals surface area contributed by atoms with Gasteiger partial charge in [-0.15, -0.1) is 0 Å². The van der Waals surface area contributed by atoms with Crippen LogP contribution in [0.3, 0.4) is 0 Å². The van der Waals surface area contributed by atoms with Crippen LogP contribution in [0.25, 0.3) is 11.1 Å². The van der Waals surface area contributed by atoms with Crippen LogP contribution in [0, 0.1) is 5.92 Å². The highest BCUT2D eigenvalue weighted by Gasteiger charge is 2.38. The first-order valence-corrected chi connectivity index (χ1v) is 12.4. The fraction of sp³-hybridized carbons (Fsp3) is 0.423. The number of halogens is 3. The molecule has 1 amide bonds. The van der Waals surface area contributed by atoms with E-state index in [0.717, 1.165) is 32.1 Å². The summed E-state index contributed by atoms with van der Waals surface area (Å²) in [4.78, 5) is 34.3. The van der Waals surface area contributed by atoms with Crippen LogP contribution in [0.4, 0.5) is 13.2 Å². The van der Waals surface area contributed by atoms with Crippen LogP contribution in [0.2, 0.25) is 0 Å². The summed E-state index contributed by atoms with van der Waals surface area (Å²) in [5, 5.41) is 16.4. The molecule has 1 aliphatic carbocycles. The summed E-state index contributed by atoms with van der Waals surface area (Å²) in [5.74, 6) is -3.45. The third-order valence-electron chi connectivity index (χ3n) is 6.13. The SMILES string of the molecule is N[C@@H](CS)C(=O)N(CC(=O)O)C1CCCC(Cc2ccc(-c3ccccc3)cc2)C1.O=C(O)C(F)(F)F. The number of alkyl halides is 3. The molecule has 37 heavy (non-hydrogen) atoms. The van der Waals surface area contributed by atoms with Crippen LogP contribution in [0.1, 0.15) is 31.2 Å². The Morgan fingerprint density at radius 1 is 1.00 bits per heavy atom. The van der Waals surface area contributed by atoms with Crippen LogP contribution < -0.4 is 5.73 Å². The van der Waals surface area contributed by atoms with Crippen molar-refractivity contribution < 1.29 is 37.8 Å². The average Bonchev–Trinajstić information content (AvgIpc) is 2.87. The molecule has 0 heterocycles. The first-order chi connectivity index (χ1) is 17.4. The maximum Gasteiger partial charge on any atom is 0.490 e. The van der Waals surface area contributed by atoms with E-state index in [-0.39, 0.29) is 24.2 Å². The molecule has 7 nitrogen and oxygen atoms in total. The highest BCUT2D eigenvalue weighted by Crippen LogP contribution is 2.31. The van der Waals surface area contributed by atoms with Crippen molar-refractivity contribution in [2.45, 2.75) is 50.4 Å². The number of carbonyl (C=O) groups excluding carboxylic acids is 1. The van der Waals surface area contributed by atoms with E-state index in [0.29, 0.717) is 5.92 Å². The lowest BCUT2D eigenvalue weighted by molar-refractivity contribution is -0.192. The molecule has 0 aliphatic heterocycles. The third kappa shape index (κ3) is 9.73. The summed E-state index contributed by atoms with van der Waals surface area (Å²) >= 11 is 4.10. The lowest BCUT2D eigenvalue weighted by atomic mass is 9.81. The molecule has 3 rings (SSSR count). The number of amides is 1. The van der Waals surface area contributed by atoms with Crippen molar-refractivity contribution in [3.63, 3.8) is 0 Å². The smallest absolute Gasteiger partial charge is 0.480 e. The number of benzene rings is 2. The minimum atomic E-state index is -5.08. The molecule has 3 atom stereocenters. The van der Waals surface area contributed by atoms with Gasteiger partial charge in [-0.1, -0.05) is 61.0 Å². The van der Waals surface area contributed by atoms with Crippen molar-refractivity contribution in [3.05, 3.63) is 60.2 Å². The molecule has 1 fully saturated rings. The summed E-state index contributed by atoms with van der Waals surface area (Å²) in [6, 6.07) is 18.1. The van der Waals surface area contributed by atoms with E-state index in [9.17, 15) is 27.9 Å². The first kappa shape index (κ1) is 30.2. The zero-order valence-corrected chi connectivity index (χ0v) is 21.0. The van der Waals surface area contributed by atoms with Crippen molar-refractivity contribution in [1.29, 1.82) is 0 Å². The van der Waals surface area contributed by atoms with Gasteiger partial charge in [0.05, 0.1) is 6.04 Å². The maximum absolute atomic E-state index is 12.6. The van der Waals surface area contributed by atoms with Crippen molar-refractivity contribution in [1.82, 2.24) is 4.90 Å². The predicted octanol–water partition coefficient (Wildman–Crippen LogP) is 4.26. The lowest BCUT2D eigenvalue weighted by Crippen LogP contribution is -2.52. The number of carboxylic acid groups (broad SMARTS) is 2. The van der Waals surface area contributed by atoms with Crippen LogP contribution in [-0.2, 0) is 20.8 Å². The number of aliphatic carboxylic acids is 2. The van der Waals surface area contributed by atoms with E-state index in [1.807, 2.05) is 18.2 Å². The van der Waals surface area contributed by atoms with E-state index in [4.69, 9.17) is 15.6 Å². The molecule has 0 bridgehead atoms. The number of nitrogens with two attached hydrogens (primary N) is 1. The molecule has 0 saturated heterocycles. The lowest BCUT2D eigenvalue weighted by Gasteiger charge is -2.38. The normalized spacial score (nSPS) is 18.2. The Bertz CT molecular complexity index is 1030. The van der Waals surface area contributed by atoms with Crippen molar-refractivity contribution in [2.75, 3.05) is 12.3 Å². The first-order valence-electron chi connectivity index (χ1n) is 11.8. The minimum absolute atomic E-state index is 0.0816. The molecule has 4 N–H and O–H groups in total. The number of rotatable bonds is 8. The number of carbonyl (C=O) groups is 3. The quantitative estimate of drug-likeness (QED) is 0.372. The molecule has 2 aromatic rings. The van der Waals surface area contributed by atoms with E-state index in [2.05, 4.69) is 49.0 Å². The van der Waals surface area contributed by atoms with Gasteiger partial charge in [0.25, 0.3) is 0 Å². The molecular formula is C26H31F3N2O5S. The third-order valence-corrected chi connectivity index (χ3v) is 6.52. The van der Waals surface area contributed by atoms with Crippen molar-refractivity contribution >= 4 is 30.5 Å². The molecule has 2 aromatic carbocycles. The fourth-order valence-corrected chi connectivity index (χ4v) is 4.51. The summed E-state index contributed by atoms with van der Waals surface area (Å²) in [6.45, 7) is -0.302. The Morgan fingerprint density at radius 2 is 1.57 bits per heavy atom. The Balaban J connectivity index is 0.000000604.